The van der Waals surface area contributed by atoms with Gasteiger partial charge >= 0.3 is 0 Å². The van der Waals surface area contributed by atoms with Gasteiger partial charge in [-0.3, -0.25) is 14.9 Å². The fraction of sp³-hybridized carbons (Fsp3) is 0.0741. The van der Waals surface area contributed by atoms with E-state index >= 15 is 0 Å². The third-order valence-electron chi connectivity index (χ3n) is 5.52. The number of allylic oxidation sites excluding steroid dienone is 1. The second-order valence-electron chi connectivity index (χ2n) is 8.39. The van der Waals surface area contributed by atoms with Crippen LogP contribution in [0.5, 0.6) is 0 Å². The summed E-state index contributed by atoms with van der Waals surface area (Å²) in [6, 6.07) is 20.9. The van der Waals surface area contributed by atoms with Crippen molar-refractivity contribution in [2.45, 2.75) is 17.8 Å². The third kappa shape index (κ3) is 6.54. The number of ketones is 1. The Bertz CT molecular complexity index is 1700. The van der Waals surface area contributed by atoms with Crippen LogP contribution < -0.4 is 5.32 Å². The van der Waals surface area contributed by atoms with Crippen molar-refractivity contribution < 1.29 is 9.72 Å². The van der Waals surface area contributed by atoms with Gasteiger partial charge in [0.2, 0.25) is 5.16 Å². The average molecular weight is 602 g/mol. The number of non-ortho nitro benzene ring substituents is 1. The van der Waals surface area contributed by atoms with Crippen LogP contribution in [0.1, 0.15) is 27.3 Å². The lowest BCUT2D eigenvalue weighted by molar-refractivity contribution is -0.384. The minimum absolute atomic E-state index is 0.0525. The molecule has 0 aliphatic heterocycles. The topological polar surface area (TPSA) is 128 Å². The number of carbonyl (C=O) groups is 1. The highest BCUT2D eigenvalue weighted by atomic mass is 79.9. The third-order valence-corrected chi connectivity index (χ3v) is 6.87. The number of halogens is 1. The van der Waals surface area contributed by atoms with E-state index < -0.39 is 4.92 Å². The lowest BCUT2D eigenvalue weighted by Crippen LogP contribution is -2.03. The Morgan fingerprint density at radius 1 is 1.08 bits per heavy atom. The lowest BCUT2D eigenvalue weighted by atomic mass is 10.1. The predicted molar refractivity (Wildman–Crippen MR) is 153 cm³/mol. The fourth-order valence-corrected chi connectivity index (χ4v) is 4.75. The Balaban J connectivity index is 1.28. The molecule has 1 N–H and O–H groups in total. The smallest absolute Gasteiger partial charge is 0.269 e. The zero-order valence-corrected chi connectivity index (χ0v) is 22.9. The number of pyridine rings is 1. The minimum Gasteiger partial charge on any atom is -0.340 e. The molecule has 5 rings (SSSR count). The Morgan fingerprint density at radius 3 is 2.56 bits per heavy atom. The minimum atomic E-state index is -0.422. The summed E-state index contributed by atoms with van der Waals surface area (Å²) in [5.74, 6) is 1.54. The van der Waals surface area contributed by atoms with Gasteiger partial charge in [-0.1, -0.05) is 30.0 Å². The Morgan fingerprint density at radius 2 is 1.85 bits per heavy atom. The molecular formula is C27H20BrN7O3S. The van der Waals surface area contributed by atoms with Crippen LogP contribution in [0.2, 0.25) is 0 Å². The van der Waals surface area contributed by atoms with E-state index in [0.717, 1.165) is 16.9 Å². The molecule has 3 heterocycles. The molecule has 0 radical (unpaired) electrons. The summed E-state index contributed by atoms with van der Waals surface area (Å²) in [5.41, 5.74) is 3.75. The molecule has 0 unspecified atom stereocenters. The van der Waals surface area contributed by atoms with Crippen molar-refractivity contribution in [3.05, 3.63) is 116 Å². The molecule has 39 heavy (non-hydrogen) atoms. The molecule has 2 aromatic carbocycles. The van der Waals surface area contributed by atoms with E-state index in [-0.39, 0.29) is 11.5 Å². The highest BCUT2D eigenvalue weighted by molar-refractivity contribution is 9.10. The van der Waals surface area contributed by atoms with Crippen molar-refractivity contribution in [3.8, 4) is 0 Å². The van der Waals surface area contributed by atoms with E-state index in [4.69, 9.17) is 0 Å². The van der Waals surface area contributed by atoms with Gasteiger partial charge in [0, 0.05) is 40.9 Å². The molecule has 0 aliphatic carbocycles. The number of aryl methyl sites for hydroxylation is 1. The second kappa shape index (κ2) is 11.5. The molecule has 3 aromatic heterocycles. The van der Waals surface area contributed by atoms with Crippen molar-refractivity contribution >= 4 is 62.5 Å². The average Bonchev–Trinajstić information content (AvgIpc) is 3.34. The summed E-state index contributed by atoms with van der Waals surface area (Å²) >= 11 is 4.73. The first-order chi connectivity index (χ1) is 18.8. The summed E-state index contributed by atoms with van der Waals surface area (Å²) in [4.78, 5) is 36.3. The number of nitrogens with one attached hydrogen (secondary N) is 1. The van der Waals surface area contributed by atoms with Crippen LogP contribution in [0.4, 0.5) is 17.2 Å². The maximum atomic E-state index is 12.6. The number of benzene rings is 2. The summed E-state index contributed by atoms with van der Waals surface area (Å²) in [7, 11) is 0. The molecule has 0 saturated heterocycles. The first-order valence-corrected chi connectivity index (χ1v) is 13.4. The number of hydrogen-bond donors (Lipinski definition) is 1. The highest BCUT2D eigenvalue weighted by Crippen LogP contribution is 2.24. The lowest BCUT2D eigenvalue weighted by Gasteiger charge is -2.09. The molecule has 0 amide bonds. The monoisotopic (exact) mass is 601 g/mol. The van der Waals surface area contributed by atoms with Crippen molar-refractivity contribution in [3.63, 3.8) is 0 Å². The molecule has 0 saturated carbocycles. The summed E-state index contributed by atoms with van der Waals surface area (Å²) < 4.78 is 2.33. The van der Waals surface area contributed by atoms with E-state index in [1.807, 2.05) is 43.3 Å². The summed E-state index contributed by atoms with van der Waals surface area (Å²) in [6.45, 7) is 1.87. The molecule has 0 fully saturated rings. The van der Waals surface area contributed by atoms with Crippen molar-refractivity contribution in [1.82, 2.24) is 24.6 Å². The molecular weight excluding hydrogens is 582 g/mol. The SMILES string of the molecule is Cc1cc(Nc2ccc(C(=O)/C=C/c3cccc(Br)n3)cc2)n2nc(SCc3ccc([N+](=O)[O-])cc3)nc2n1. The molecule has 0 spiro atoms. The number of hydrogen-bond acceptors (Lipinski definition) is 9. The van der Waals surface area contributed by atoms with Crippen LogP contribution in [-0.2, 0) is 5.75 Å². The largest absolute Gasteiger partial charge is 0.340 e. The molecule has 5 aromatic rings. The van der Waals surface area contributed by atoms with Gasteiger partial charge in [0.25, 0.3) is 11.5 Å². The quantitative estimate of drug-likeness (QED) is 0.0507. The first-order valence-electron chi connectivity index (χ1n) is 11.7. The van der Waals surface area contributed by atoms with Gasteiger partial charge in [-0.2, -0.15) is 9.50 Å². The summed E-state index contributed by atoms with van der Waals surface area (Å²) in [6.07, 6.45) is 3.18. The van der Waals surface area contributed by atoms with Crippen LogP contribution in [-0.4, -0.2) is 35.3 Å². The van der Waals surface area contributed by atoms with Gasteiger partial charge in [0.05, 0.1) is 10.6 Å². The van der Waals surface area contributed by atoms with Crippen LogP contribution in [0.3, 0.4) is 0 Å². The number of rotatable bonds is 9. The maximum absolute atomic E-state index is 12.6. The van der Waals surface area contributed by atoms with Crippen molar-refractivity contribution in [2.24, 2.45) is 0 Å². The van der Waals surface area contributed by atoms with E-state index in [0.29, 0.717) is 38.4 Å². The number of carbonyl (C=O) groups excluding carboxylic acids is 1. The normalized spacial score (nSPS) is 11.2. The molecule has 10 nitrogen and oxygen atoms in total. The zero-order valence-electron chi connectivity index (χ0n) is 20.5. The van der Waals surface area contributed by atoms with E-state index in [9.17, 15) is 14.9 Å². The number of anilines is 2. The van der Waals surface area contributed by atoms with Crippen LogP contribution >= 0.6 is 27.7 Å². The van der Waals surface area contributed by atoms with Crippen LogP contribution in [0, 0.1) is 17.0 Å². The Hall–Kier alpha value is -4.42. The summed E-state index contributed by atoms with van der Waals surface area (Å²) in [5, 5.41) is 19.3. The van der Waals surface area contributed by atoms with Gasteiger partial charge in [-0.15, -0.1) is 5.10 Å². The number of nitro groups is 1. The van der Waals surface area contributed by atoms with Gasteiger partial charge in [-0.25, -0.2) is 9.97 Å². The molecule has 0 atom stereocenters. The van der Waals surface area contributed by atoms with E-state index in [1.165, 1.54) is 30.0 Å². The fourth-order valence-electron chi connectivity index (χ4n) is 3.62. The Kier molecular flexibility index (Phi) is 7.75. The van der Waals surface area contributed by atoms with Crippen LogP contribution in [0.15, 0.2) is 88.6 Å². The number of aromatic nitrogens is 5. The number of fused-ring (bicyclic) bond motifs is 1. The zero-order chi connectivity index (χ0) is 27.4. The Labute approximate surface area is 235 Å². The van der Waals surface area contributed by atoms with E-state index in [1.54, 1.807) is 34.9 Å². The first kappa shape index (κ1) is 26.2. The maximum Gasteiger partial charge on any atom is 0.269 e. The predicted octanol–water partition coefficient (Wildman–Crippen LogP) is 6.43. The van der Waals surface area contributed by atoms with E-state index in [2.05, 4.69) is 41.3 Å². The molecule has 12 heteroatoms. The second-order valence-corrected chi connectivity index (χ2v) is 10.1. The van der Waals surface area contributed by atoms with Gasteiger partial charge in [-0.05, 0) is 77.0 Å². The van der Waals surface area contributed by atoms with Crippen LogP contribution in [0.25, 0.3) is 11.9 Å². The van der Waals surface area contributed by atoms with Crippen molar-refractivity contribution in [2.75, 3.05) is 5.32 Å². The molecule has 194 valence electrons. The molecule has 0 bridgehead atoms. The van der Waals surface area contributed by atoms with Gasteiger partial charge < -0.3 is 5.32 Å². The number of nitrogens with zero attached hydrogens (tertiary/aromatic N) is 6. The highest BCUT2D eigenvalue weighted by Gasteiger charge is 2.12. The van der Waals surface area contributed by atoms with Gasteiger partial charge in [0.1, 0.15) is 10.4 Å². The standard InChI is InChI=1S/C27H20BrN7O3S/c1-17-15-25(31-21-9-7-19(8-10-21)23(36)14-11-20-3-2-4-24(28)30-20)34-26(29-17)32-27(33-34)39-16-18-5-12-22(13-6-18)35(37)38/h2-15,31H,16H2,1H3/b14-11+. The number of nitro benzene ring substituents is 1. The van der Waals surface area contributed by atoms with Gasteiger partial charge in [0.15, 0.2) is 5.78 Å². The molecule has 0 aliphatic rings. The number of thioether (sulfide) groups is 1. The van der Waals surface area contributed by atoms with Crippen molar-refractivity contribution in [1.29, 1.82) is 0 Å².